The van der Waals surface area contributed by atoms with E-state index in [9.17, 15) is 0 Å². The molecule has 0 radical (unpaired) electrons. The first-order valence-corrected chi connectivity index (χ1v) is 8.71. The fourth-order valence-electron chi connectivity index (χ4n) is 3.27. The number of rotatable bonds is 3. The van der Waals surface area contributed by atoms with E-state index in [2.05, 4.69) is 59.2 Å². The Hall–Kier alpha value is -0.710. The number of fused-ring (bicyclic) bond motifs is 1. The predicted octanol–water partition coefficient (Wildman–Crippen LogP) is 1.82. The summed E-state index contributed by atoms with van der Waals surface area (Å²) in [6, 6.07) is 7.42. The molecule has 0 saturated carbocycles. The van der Waals surface area contributed by atoms with Gasteiger partial charge in [0.15, 0.2) is 0 Å². The van der Waals surface area contributed by atoms with Gasteiger partial charge in [0, 0.05) is 49.4 Å². The van der Waals surface area contributed by atoms with Gasteiger partial charge in [-0.25, -0.2) is 0 Å². The van der Waals surface area contributed by atoms with Gasteiger partial charge in [-0.2, -0.15) is 11.8 Å². The molecule has 0 amide bonds. The van der Waals surface area contributed by atoms with Crippen molar-refractivity contribution in [3.05, 3.63) is 29.3 Å². The molecule has 3 nitrogen and oxygen atoms in total. The Morgan fingerprint density at radius 3 is 2.85 bits per heavy atom. The maximum absolute atomic E-state index is 3.67. The lowest BCUT2D eigenvalue weighted by Crippen LogP contribution is -2.43. The van der Waals surface area contributed by atoms with Gasteiger partial charge in [-0.05, 0) is 37.7 Å². The lowest BCUT2D eigenvalue weighted by Gasteiger charge is -2.35. The summed E-state index contributed by atoms with van der Waals surface area (Å²) in [4.78, 5) is 4.87. The second-order valence-corrected chi connectivity index (χ2v) is 7.28. The van der Waals surface area contributed by atoms with Crippen LogP contribution in [0.1, 0.15) is 11.1 Å². The minimum atomic E-state index is 0.581. The molecule has 1 aromatic carbocycles. The van der Waals surface area contributed by atoms with Crippen LogP contribution in [0.15, 0.2) is 18.2 Å². The molecule has 0 aliphatic carbocycles. The summed E-state index contributed by atoms with van der Waals surface area (Å²) in [6.45, 7) is 4.54. The predicted molar refractivity (Wildman–Crippen MR) is 88.9 cm³/mol. The smallest absolute Gasteiger partial charge is 0.0403 e. The Kier molecular flexibility index (Phi) is 4.54. The molecule has 1 N–H and O–H groups in total. The number of likely N-dealkylation sites (N-methyl/N-ethyl adjacent to an activating group) is 1. The highest BCUT2D eigenvalue weighted by molar-refractivity contribution is 7.99. The van der Waals surface area contributed by atoms with Crippen LogP contribution in [0.4, 0.5) is 5.69 Å². The fourth-order valence-corrected chi connectivity index (χ4v) is 4.17. The van der Waals surface area contributed by atoms with E-state index in [1.807, 2.05) is 0 Å². The summed E-state index contributed by atoms with van der Waals surface area (Å²) in [7, 11) is 4.32. The van der Waals surface area contributed by atoms with Crippen molar-refractivity contribution in [1.29, 1.82) is 0 Å². The summed E-state index contributed by atoms with van der Waals surface area (Å²) >= 11 is 2.08. The zero-order valence-electron chi connectivity index (χ0n) is 12.6. The third-order valence-corrected chi connectivity index (χ3v) is 5.16. The topological polar surface area (TPSA) is 18.5 Å². The monoisotopic (exact) mass is 291 g/mol. The lowest BCUT2D eigenvalue weighted by atomic mass is 9.93. The third-order valence-electron chi connectivity index (χ3n) is 4.22. The second kappa shape index (κ2) is 6.37. The fraction of sp³-hybridized carbons (Fsp3) is 0.625. The molecule has 0 spiro atoms. The van der Waals surface area contributed by atoms with Gasteiger partial charge in [-0.15, -0.1) is 0 Å². The quantitative estimate of drug-likeness (QED) is 0.915. The van der Waals surface area contributed by atoms with Gasteiger partial charge < -0.3 is 15.1 Å². The SMILES string of the molecule is CN(C)CC1Cc2c(cccc2N2CCSCC2)CN1. The van der Waals surface area contributed by atoms with Crippen LogP contribution >= 0.6 is 11.8 Å². The Morgan fingerprint density at radius 1 is 1.30 bits per heavy atom. The number of thioether (sulfide) groups is 1. The average Bonchev–Trinajstić information content (AvgIpc) is 2.47. The molecule has 1 fully saturated rings. The van der Waals surface area contributed by atoms with Gasteiger partial charge in [0.05, 0.1) is 0 Å². The van der Waals surface area contributed by atoms with Crippen LogP contribution < -0.4 is 10.2 Å². The van der Waals surface area contributed by atoms with Gasteiger partial charge in [0.1, 0.15) is 0 Å². The summed E-state index contributed by atoms with van der Waals surface area (Å²) < 4.78 is 0. The van der Waals surface area contributed by atoms with E-state index in [1.165, 1.54) is 35.8 Å². The molecular weight excluding hydrogens is 266 g/mol. The van der Waals surface area contributed by atoms with Gasteiger partial charge in [0.25, 0.3) is 0 Å². The van der Waals surface area contributed by atoms with Crippen molar-refractivity contribution in [2.45, 2.75) is 19.0 Å². The molecule has 2 aliphatic heterocycles. The molecule has 0 bridgehead atoms. The van der Waals surface area contributed by atoms with Crippen molar-refractivity contribution in [3.8, 4) is 0 Å². The van der Waals surface area contributed by atoms with E-state index in [0.29, 0.717) is 6.04 Å². The van der Waals surface area contributed by atoms with Crippen molar-refractivity contribution in [3.63, 3.8) is 0 Å². The highest BCUT2D eigenvalue weighted by Crippen LogP contribution is 2.29. The molecule has 2 aliphatic rings. The first-order valence-electron chi connectivity index (χ1n) is 7.55. The Bertz CT molecular complexity index is 455. The van der Waals surface area contributed by atoms with E-state index < -0.39 is 0 Å². The maximum Gasteiger partial charge on any atom is 0.0403 e. The average molecular weight is 291 g/mol. The molecule has 4 heteroatoms. The minimum Gasteiger partial charge on any atom is -0.370 e. The molecule has 2 heterocycles. The largest absolute Gasteiger partial charge is 0.370 e. The number of anilines is 1. The molecule has 1 unspecified atom stereocenters. The molecule has 1 atom stereocenters. The lowest BCUT2D eigenvalue weighted by molar-refractivity contribution is 0.326. The van der Waals surface area contributed by atoms with Gasteiger partial charge in [-0.1, -0.05) is 12.1 Å². The molecule has 1 aromatic rings. The van der Waals surface area contributed by atoms with Crippen LogP contribution in [0.25, 0.3) is 0 Å². The van der Waals surface area contributed by atoms with Crippen molar-refractivity contribution in [1.82, 2.24) is 10.2 Å². The van der Waals surface area contributed by atoms with Crippen molar-refractivity contribution < 1.29 is 0 Å². The molecule has 3 rings (SSSR count). The molecule has 0 aromatic heterocycles. The van der Waals surface area contributed by atoms with Crippen molar-refractivity contribution >= 4 is 17.4 Å². The van der Waals surface area contributed by atoms with Crippen LogP contribution in [0.2, 0.25) is 0 Å². The highest BCUT2D eigenvalue weighted by Gasteiger charge is 2.23. The molecule has 110 valence electrons. The van der Waals surface area contributed by atoms with Crippen LogP contribution in [0.3, 0.4) is 0 Å². The number of benzene rings is 1. The van der Waals surface area contributed by atoms with E-state index in [0.717, 1.165) is 19.5 Å². The van der Waals surface area contributed by atoms with E-state index in [-0.39, 0.29) is 0 Å². The second-order valence-electron chi connectivity index (χ2n) is 6.06. The van der Waals surface area contributed by atoms with E-state index >= 15 is 0 Å². The summed E-state index contributed by atoms with van der Waals surface area (Å²) in [5.41, 5.74) is 4.58. The number of hydrogen-bond acceptors (Lipinski definition) is 4. The zero-order chi connectivity index (χ0) is 13.9. The van der Waals surface area contributed by atoms with Gasteiger partial charge >= 0.3 is 0 Å². The molecule has 1 saturated heterocycles. The van der Waals surface area contributed by atoms with E-state index in [4.69, 9.17) is 0 Å². The first kappa shape index (κ1) is 14.2. The summed E-state index contributed by atoms with van der Waals surface area (Å²) in [6.07, 6.45) is 1.16. The van der Waals surface area contributed by atoms with E-state index in [1.54, 1.807) is 5.56 Å². The summed E-state index contributed by atoms with van der Waals surface area (Å²) in [5.74, 6) is 2.53. The normalized spacial score (nSPS) is 22.9. The van der Waals surface area contributed by atoms with Gasteiger partial charge in [-0.3, -0.25) is 0 Å². The van der Waals surface area contributed by atoms with Crippen LogP contribution in [0.5, 0.6) is 0 Å². The minimum absolute atomic E-state index is 0.581. The van der Waals surface area contributed by atoms with Crippen LogP contribution in [-0.2, 0) is 13.0 Å². The Balaban J connectivity index is 1.82. The highest BCUT2D eigenvalue weighted by atomic mass is 32.2. The number of hydrogen-bond donors (Lipinski definition) is 1. The van der Waals surface area contributed by atoms with Gasteiger partial charge in [0.2, 0.25) is 0 Å². The first-order chi connectivity index (χ1) is 9.74. The van der Waals surface area contributed by atoms with Crippen LogP contribution in [0, 0.1) is 0 Å². The Labute approximate surface area is 126 Å². The third kappa shape index (κ3) is 3.13. The number of nitrogens with one attached hydrogen (secondary N) is 1. The molecule has 20 heavy (non-hydrogen) atoms. The number of nitrogens with zero attached hydrogens (tertiary/aromatic N) is 2. The van der Waals surface area contributed by atoms with Crippen molar-refractivity contribution in [2.75, 3.05) is 50.1 Å². The van der Waals surface area contributed by atoms with Crippen LogP contribution in [-0.4, -0.2) is 56.2 Å². The van der Waals surface area contributed by atoms with Crippen molar-refractivity contribution in [2.24, 2.45) is 0 Å². The Morgan fingerprint density at radius 2 is 2.10 bits per heavy atom. The zero-order valence-corrected chi connectivity index (χ0v) is 13.4. The maximum atomic E-state index is 3.67. The molecular formula is C16H25N3S. The standard InChI is InChI=1S/C16H25N3S/c1-18(2)12-14-10-15-13(11-17-14)4-3-5-16(15)19-6-8-20-9-7-19/h3-5,14,17H,6-12H2,1-2H3. The summed E-state index contributed by atoms with van der Waals surface area (Å²) in [5, 5.41) is 3.67.